The maximum absolute atomic E-state index is 11.9. The zero-order chi connectivity index (χ0) is 11.8. The van der Waals surface area contributed by atoms with Crippen molar-refractivity contribution < 1.29 is 4.79 Å². The van der Waals surface area contributed by atoms with Crippen molar-refractivity contribution in [3.63, 3.8) is 0 Å². The predicted octanol–water partition coefficient (Wildman–Crippen LogP) is 3.94. The number of carbonyl (C=O) groups excluding carboxylic acids is 1. The second-order valence-electron chi connectivity index (χ2n) is 4.63. The van der Waals surface area contributed by atoms with E-state index in [1.807, 2.05) is 13.0 Å². The van der Waals surface area contributed by atoms with Crippen molar-refractivity contribution in [2.75, 3.05) is 5.75 Å². The Morgan fingerprint density at radius 1 is 1.27 bits per heavy atom. The van der Waals surface area contributed by atoms with Gasteiger partial charge in [0.2, 0.25) is 0 Å². The van der Waals surface area contributed by atoms with Crippen molar-refractivity contribution in [3.8, 4) is 0 Å². The Kier molecular flexibility index (Phi) is 7.85. The number of hydrogen-bond acceptors (Lipinski definition) is 2. The fraction of sp³-hybridized carbons (Fsp3) is 0.769. The summed E-state index contributed by atoms with van der Waals surface area (Å²) in [5, 5.41) is 0.170. The highest BCUT2D eigenvalue weighted by Crippen LogP contribution is 2.23. The smallest absolute Gasteiger partial charge is 0.146 e. The van der Waals surface area contributed by atoms with Crippen LogP contribution in [0.5, 0.6) is 0 Å². The maximum Gasteiger partial charge on any atom is 0.146 e. The zero-order valence-electron chi connectivity index (χ0n) is 10.6. The molecule has 0 aliphatic carbocycles. The third-order valence-electron chi connectivity index (χ3n) is 2.14. The summed E-state index contributed by atoms with van der Waals surface area (Å²) in [4.78, 5) is 11.9. The molecular weight excluding hydrogens is 204 g/mol. The van der Waals surface area contributed by atoms with Crippen LogP contribution < -0.4 is 0 Å². The minimum Gasteiger partial charge on any atom is -0.298 e. The van der Waals surface area contributed by atoms with Gasteiger partial charge in [-0.05, 0) is 18.8 Å². The molecule has 0 radical (unpaired) electrons. The molecular formula is C13H24OS. The highest BCUT2D eigenvalue weighted by Gasteiger charge is 2.22. The highest BCUT2D eigenvalue weighted by molar-refractivity contribution is 8.00. The van der Waals surface area contributed by atoms with Crippen LogP contribution in [-0.2, 0) is 4.79 Å². The molecule has 0 aromatic rings. The highest BCUT2D eigenvalue weighted by atomic mass is 32.2. The summed E-state index contributed by atoms with van der Waals surface area (Å²) in [5.74, 6) is 2.27. The molecule has 1 nitrogen and oxygen atoms in total. The van der Waals surface area contributed by atoms with E-state index in [4.69, 9.17) is 0 Å². The molecule has 0 aromatic carbocycles. The van der Waals surface area contributed by atoms with Gasteiger partial charge in [-0.25, -0.2) is 0 Å². The molecule has 0 rings (SSSR count). The molecule has 0 amide bonds. The Morgan fingerprint density at radius 3 is 2.27 bits per heavy atom. The average Bonchev–Trinajstić information content (AvgIpc) is 2.10. The molecule has 1 unspecified atom stereocenters. The number of allylic oxidation sites excluding steroid dienone is 1. The lowest BCUT2D eigenvalue weighted by Crippen LogP contribution is -2.24. The average molecular weight is 228 g/mol. The third-order valence-corrected chi connectivity index (χ3v) is 3.69. The SMILES string of the molecule is C/C=C/CSC(C(=O)CC(C)C)C(C)C. The lowest BCUT2D eigenvalue weighted by Gasteiger charge is -2.19. The van der Waals surface area contributed by atoms with Gasteiger partial charge in [-0.15, -0.1) is 11.8 Å². The fourth-order valence-corrected chi connectivity index (χ4v) is 2.61. The summed E-state index contributed by atoms with van der Waals surface area (Å²) in [7, 11) is 0. The van der Waals surface area contributed by atoms with E-state index in [2.05, 4.69) is 33.8 Å². The Bertz CT molecular complexity index is 207. The van der Waals surface area contributed by atoms with E-state index >= 15 is 0 Å². The lowest BCUT2D eigenvalue weighted by atomic mass is 9.99. The van der Waals surface area contributed by atoms with Gasteiger partial charge in [0.1, 0.15) is 5.78 Å². The normalized spacial score (nSPS) is 14.1. The number of carbonyl (C=O) groups is 1. The quantitative estimate of drug-likeness (QED) is 0.614. The molecule has 0 N–H and O–H groups in total. The van der Waals surface area contributed by atoms with Gasteiger partial charge >= 0.3 is 0 Å². The minimum absolute atomic E-state index is 0.170. The molecule has 0 bridgehead atoms. The first-order chi connectivity index (χ1) is 6.99. The largest absolute Gasteiger partial charge is 0.298 e. The fourth-order valence-electron chi connectivity index (χ4n) is 1.43. The van der Waals surface area contributed by atoms with Crippen LogP contribution in [0.1, 0.15) is 41.0 Å². The zero-order valence-corrected chi connectivity index (χ0v) is 11.4. The predicted molar refractivity (Wildman–Crippen MR) is 70.4 cm³/mol. The molecule has 0 saturated carbocycles. The van der Waals surface area contributed by atoms with Crippen molar-refractivity contribution in [1.82, 2.24) is 0 Å². The molecule has 0 heterocycles. The van der Waals surface area contributed by atoms with Gasteiger partial charge in [0, 0.05) is 12.2 Å². The Balaban J connectivity index is 4.19. The van der Waals surface area contributed by atoms with Gasteiger partial charge in [0.15, 0.2) is 0 Å². The van der Waals surface area contributed by atoms with E-state index in [9.17, 15) is 4.79 Å². The van der Waals surface area contributed by atoms with Gasteiger partial charge in [-0.2, -0.15) is 0 Å². The summed E-state index contributed by atoms with van der Waals surface area (Å²) >= 11 is 1.77. The van der Waals surface area contributed by atoms with Crippen molar-refractivity contribution >= 4 is 17.5 Å². The van der Waals surface area contributed by atoms with Crippen LogP contribution >= 0.6 is 11.8 Å². The summed E-state index contributed by atoms with van der Waals surface area (Å²) in [5.41, 5.74) is 0. The molecule has 0 aliphatic rings. The van der Waals surface area contributed by atoms with Crippen LogP contribution in [0.4, 0.5) is 0 Å². The van der Waals surface area contributed by atoms with E-state index in [1.165, 1.54) is 0 Å². The molecule has 0 aliphatic heterocycles. The molecule has 0 fully saturated rings. The first-order valence-electron chi connectivity index (χ1n) is 5.74. The van der Waals surface area contributed by atoms with Crippen LogP contribution in [0, 0.1) is 11.8 Å². The summed E-state index contributed by atoms with van der Waals surface area (Å²) in [6.45, 7) is 10.5. The molecule has 15 heavy (non-hydrogen) atoms. The maximum atomic E-state index is 11.9. The molecule has 0 saturated heterocycles. The summed E-state index contributed by atoms with van der Waals surface area (Å²) in [6.07, 6.45) is 4.87. The number of rotatable bonds is 7. The standard InChI is InChI=1S/C13H24OS/c1-6-7-8-15-13(11(4)5)12(14)9-10(2)3/h6-7,10-11,13H,8-9H2,1-5H3/b7-6+. The first-order valence-corrected chi connectivity index (χ1v) is 6.79. The van der Waals surface area contributed by atoms with Gasteiger partial charge in [0.05, 0.1) is 5.25 Å². The molecule has 0 aromatic heterocycles. The Hall–Kier alpha value is -0.240. The first kappa shape index (κ1) is 14.8. The van der Waals surface area contributed by atoms with Gasteiger partial charge in [-0.3, -0.25) is 4.79 Å². The molecule has 0 spiro atoms. The van der Waals surface area contributed by atoms with Crippen molar-refractivity contribution in [1.29, 1.82) is 0 Å². The van der Waals surface area contributed by atoms with Crippen molar-refractivity contribution in [2.24, 2.45) is 11.8 Å². The van der Waals surface area contributed by atoms with E-state index in [-0.39, 0.29) is 5.25 Å². The third kappa shape index (κ3) is 6.77. The van der Waals surface area contributed by atoms with Crippen LogP contribution in [0.2, 0.25) is 0 Å². The second kappa shape index (κ2) is 7.98. The Morgan fingerprint density at radius 2 is 1.87 bits per heavy atom. The van der Waals surface area contributed by atoms with E-state index in [0.29, 0.717) is 24.0 Å². The van der Waals surface area contributed by atoms with Gasteiger partial charge in [0.25, 0.3) is 0 Å². The lowest BCUT2D eigenvalue weighted by molar-refractivity contribution is -0.119. The summed E-state index contributed by atoms with van der Waals surface area (Å²) < 4.78 is 0. The number of ketones is 1. The Labute approximate surface area is 98.7 Å². The van der Waals surface area contributed by atoms with Gasteiger partial charge in [-0.1, -0.05) is 39.8 Å². The van der Waals surface area contributed by atoms with E-state index in [0.717, 1.165) is 5.75 Å². The van der Waals surface area contributed by atoms with Crippen molar-refractivity contribution in [3.05, 3.63) is 12.2 Å². The van der Waals surface area contributed by atoms with Crippen LogP contribution in [0.25, 0.3) is 0 Å². The number of hydrogen-bond donors (Lipinski definition) is 0. The van der Waals surface area contributed by atoms with E-state index in [1.54, 1.807) is 11.8 Å². The molecule has 2 heteroatoms. The van der Waals surface area contributed by atoms with Crippen molar-refractivity contribution in [2.45, 2.75) is 46.3 Å². The minimum atomic E-state index is 0.170. The van der Waals surface area contributed by atoms with Crippen LogP contribution in [0.3, 0.4) is 0 Å². The molecule has 88 valence electrons. The monoisotopic (exact) mass is 228 g/mol. The second-order valence-corrected chi connectivity index (χ2v) is 5.81. The van der Waals surface area contributed by atoms with E-state index < -0.39 is 0 Å². The number of Topliss-reactive ketones (excluding diaryl/α,β-unsaturated/α-hetero) is 1. The van der Waals surface area contributed by atoms with Crippen LogP contribution in [-0.4, -0.2) is 16.8 Å². The van der Waals surface area contributed by atoms with Gasteiger partial charge < -0.3 is 0 Å². The summed E-state index contributed by atoms with van der Waals surface area (Å²) in [6, 6.07) is 0. The topological polar surface area (TPSA) is 17.1 Å². The molecule has 1 atom stereocenters. The van der Waals surface area contributed by atoms with Crippen LogP contribution in [0.15, 0.2) is 12.2 Å². The number of thioether (sulfide) groups is 1.